The molecule has 0 spiro atoms. The van der Waals surface area contributed by atoms with Crippen LogP contribution in [0.1, 0.15) is 57.1 Å². The Balaban J connectivity index is 1.98. The molecule has 0 aliphatic carbocycles. The highest BCUT2D eigenvalue weighted by Crippen LogP contribution is 2.38. The van der Waals surface area contributed by atoms with Crippen molar-refractivity contribution in [1.82, 2.24) is 20.0 Å². The van der Waals surface area contributed by atoms with Crippen molar-refractivity contribution in [3.8, 4) is 5.69 Å². The molecule has 38 heavy (non-hydrogen) atoms. The molecule has 2 aromatic carbocycles. The van der Waals surface area contributed by atoms with E-state index in [0.717, 1.165) is 5.56 Å². The van der Waals surface area contributed by atoms with Crippen molar-refractivity contribution < 1.29 is 13.9 Å². The van der Waals surface area contributed by atoms with Crippen molar-refractivity contribution in [2.24, 2.45) is 0 Å². The second-order valence-electron chi connectivity index (χ2n) is 10.4. The normalized spacial score (nSPS) is 14.6. The van der Waals surface area contributed by atoms with E-state index < -0.39 is 11.7 Å². The number of ether oxygens (including phenoxy) is 1. The topological polar surface area (TPSA) is 59.4 Å². The van der Waals surface area contributed by atoms with Gasteiger partial charge in [0.2, 0.25) is 0 Å². The average molecular weight is 557 g/mol. The van der Waals surface area contributed by atoms with E-state index in [1.807, 2.05) is 40.7 Å². The lowest BCUT2D eigenvalue weighted by molar-refractivity contribution is 0.0351. The van der Waals surface area contributed by atoms with Crippen LogP contribution in [-0.4, -0.2) is 39.0 Å². The van der Waals surface area contributed by atoms with Gasteiger partial charge in [-0.25, -0.2) is 13.9 Å². The summed E-state index contributed by atoms with van der Waals surface area (Å²) in [6.07, 6.45) is 1.84. The van der Waals surface area contributed by atoms with E-state index in [9.17, 15) is 9.18 Å². The Labute approximate surface area is 232 Å². The van der Waals surface area contributed by atoms with Gasteiger partial charge in [0.1, 0.15) is 17.1 Å². The van der Waals surface area contributed by atoms with Crippen LogP contribution in [0.25, 0.3) is 23.2 Å². The van der Waals surface area contributed by atoms with E-state index >= 15 is 0 Å². The van der Waals surface area contributed by atoms with Gasteiger partial charge in [0.05, 0.1) is 27.8 Å². The number of nitrogens with zero attached hydrogens (tertiary/aromatic N) is 3. The third-order valence-corrected chi connectivity index (χ3v) is 6.31. The predicted molar refractivity (Wildman–Crippen MR) is 152 cm³/mol. The monoisotopic (exact) mass is 556 g/mol. The highest BCUT2D eigenvalue weighted by atomic mass is 35.5. The minimum Gasteiger partial charge on any atom is -0.443 e. The number of hydrogen-bond acceptors (Lipinski definition) is 4. The predicted octanol–water partition coefficient (Wildman–Crippen LogP) is 7.58. The highest BCUT2D eigenvalue weighted by Gasteiger charge is 2.35. The van der Waals surface area contributed by atoms with E-state index in [1.165, 1.54) is 12.1 Å². The smallest absolute Gasteiger partial charge is 0.414 e. The number of halogens is 3. The molecule has 1 N–H and O–H groups in total. The molecular weight excluding hydrogens is 526 g/mol. The van der Waals surface area contributed by atoms with Crippen molar-refractivity contribution in [3.05, 3.63) is 87.4 Å². The summed E-state index contributed by atoms with van der Waals surface area (Å²) in [7, 11) is 0. The van der Waals surface area contributed by atoms with Crippen LogP contribution in [0.3, 0.4) is 0 Å². The lowest BCUT2D eigenvalue weighted by Gasteiger charge is -2.33. The van der Waals surface area contributed by atoms with Crippen LogP contribution in [0.4, 0.5) is 9.18 Å². The van der Waals surface area contributed by atoms with Gasteiger partial charge in [-0.15, -0.1) is 0 Å². The SMILES string of the molecule is C=C(NC(C)C)c1nn(-c2ccc(Cl)cc2Cl)c2c1CCN(C(=O)OC(C)(C)C)/C2=C\c1ccc(F)cc1. The summed E-state index contributed by atoms with van der Waals surface area (Å²) in [5.41, 5.74) is 4.05. The number of rotatable bonds is 5. The minimum absolute atomic E-state index is 0.137. The van der Waals surface area contributed by atoms with Crippen LogP contribution in [0, 0.1) is 5.82 Å². The summed E-state index contributed by atoms with van der Waals surface area (Å²) in [5.74, 6) is -0.350. The molecule has 1 aliphatic rings. The van der Waals surface area contributed by atoms with Gasteiger partial charge in [0.25, 0.3) is 0 Å². The Morgan fingerprint density at radius 2 is 1.87 bits per heavy atom. The number of aromatic nitrogens is 2. The molecule has 0 saturated carbocycles. The van der Waals surface area contributed by atoms with Crippen LogP contribution in [-0.2, 0) is 11.2 Å². The molecule has 0 saturated heterocycles. The fourth-order valence-corrected chi connectivity index (χ4v) is 4.77. The summed E-state index contributed by atoms with van der Waals surface area (Å²) >= 11 is 12.8. The molecular formula is C29H31Cl2FN4O2. The molecule has 0 atom stereocenters. The third-order valence-electron chi connectivity index (χ3n) is 5.78. The average Bonchev–Trinajstić information content (AvgIpc) is 3.19. The van der Waals surface area contributed by atoms with Gasteiger partial charge in [-0.3, -0.25) is 4.90 Å². The first-order valence-electron chi connectivity index (χ1n) is 12.4. The van der Waals surface area contributed by atoms with E-state index in [2.05, 4.69) is 11.9 Å². The zero-order chi connectivity index (χ0) is 27.8. The lowest BCUT2D eigenvalue weighted by Crippen LogP contribution is -2.39. The Bertz CT molecular complexity index is 1410. The second kappa shape index (κ2) is 10.8. The molecule has 0 bridgehead atoms. The maximum atomic E-state index is 13.7. The van der Waals surface area contributed by atoms with Gasteiger partial charge < -0.3 is 10.1 Å². The lowest BCUT2D eigenvalue weighted by atomic mass is 9.98. The zero-order valence-corrected chi connectivity index (χ0v) is 23.6. The van der Waals surface area contributed by atoms with E-state index in [-0.39, 0.29) is 11.9 Å². The fourth-order valence-electron chi connectivity index (χ4n) is 4.28. The first-order valence-corrected chi connectivity index (χ1v) is 13.1. The Morgan fingerprint density at radius 1 is 1.18 bits per heavy atom. The molecule has 0 fully saturated rings. The third kappa shape index (κ3) is 6.05. The number of nitrogens with one attached hydrogen (secondary N) is 1. The molecule has 0 radical (unpaired) electrons. The molecule has 9 heteroatoms. The highest BCUT2D eigenvalue weighted by molar-refractivity contribution is 6.35. The molecule has 2 heterocycles. The van der Waals surface area contributed by atoms with Crippen LogP contribution in [0.15, 0.2) is 49.0 Å². The van der Waals surface area contributed by atoms with Gasteiger partial charge in [-0.1, -0.05) is 41.9 Å². The van der Waals surface area contributed by atoms with Gasteiger partial charge in [0, 0.05) is 23.2 Å². The summed E-state index contributed by atoms with van der Waals surface area (Å²) in [4.78, 5) is 15.0. The molecule has 0 unspecified atom stereocenters. The Hall–Kier alpha value is -3.29. The van der Waals surface area contributed by atoms with Gasteiger partial charge in [0.15, 0.2) is 0 Å². The summed E-state index contributed by atoms with van der Waals surface area (Å²) in [6.45, 7) is 14.1. The largest absolute Gasteiger partial charge is 0.443 e. The number of amides is 1. The minimum atomic E-state index is -0.696. The fraction of sp³-hybridized carbons (Fsp3) is 0.310. The van der Waals surface area contributed by atoms with Crippen molar-refractivity contribution in [1.29, 1.82) is 0 Å². The van der Waals surface area contributed by atoms with E-state index in [1.54, 1.807) is 39.9 Å². The summed E-state index contributed by atoms with van der Waals surface area (Å²) in [6, 6.07) is 11.4. The van der Waals surface area contributed by atoms with Crippen molar-refractivity contribution in [3.63, 3.8) is 0 Å². The van der Waals surface area contributed by atoms with E-state index in [4.69, 9.17) is 33.0 Å². The van der Waals surface area contributed by atoms with Crippen LogP contribution in [0.5, 0.6) is 0 Å². The molecule has 6 nitrogen and oxygen atoms in total. The Kier molecular flexibility index (Phi) is 7.90. The number of carbonyl (C=O) groups excluding carboxylic acids is 1. The molecule has 3 aromatic rings. The molecule has 1 aliphatic heterocycles. The number of hydrogen-bond donors (Lipinski definition) is 1. The Morgan fingerprint density at radius 3 is 2.47 bits per heavy atom. The van der Waals surface area contributed by atoms with Gasteiger partial charge >= 0.3 is 6.09 Å². The van der Waals surface area contributed by atoms with Crippen molar-refractivity contribution >= 4 is 46.8 Å². The molecule has 200 valence electrons. The molecule has 1 aromatic heterocycles. The van der Waals surface area contributed by atoms with Crippen molar-refractivity contribution in [2.75, 3.05) is 6.54 Å². The van der Waals surface area contributed by atoms with E-state index in [0.29, 0.717) is 57.0 Å². The number of benzene rings is 2. The maximum Gasteiger partial charge on any atom is 0.414 e. The van der Waals surface area contributed by atoms with Crippen LogP contribution in [0.2, 0.25) is 10.0 Å². The zero-order valence-electron chi connectivity index (χ0n) is 22.1. The van der Waals surface area contributed by atoms with Gasteiger partial charge in [-0.2, -0.15) is 5.10 Å². The first-order chi connectivity index (χ1) is 17.8. The first kappa shape index (κ1) is 27.7. The quantitative estimate of drug-likeness (QED) is 0.352. The van der Waals surface area contributed by atoms with Crippen molar-refractivity contribution in [2.45, 2.75) is 52.7 Å². The standard InChI is InChI=1S/C29H31Cl2FN4O2/c1-17(2)33-18(3)26-22-13-14-35(28(37)38-29(4,5)6)25(15-19-7-10-21(32)11-8-19)27(22)36(34-26)24-12-9-20(30)16-23(24)31/h7-12,15-17,33H,3,13-14H2,1-2,4-6H3/b25-15-. The van der Waals surface area contributed by atoms with Gasteiger partial charge in [-0.05, 0) is 83.0 Å². The number of fused-ring (bicyclic) bond motifs is 1. The molecule has 4 rings (SSSR count). The van der Waals surface area contributed by atoms with Crippen LogP contribution >= 0.6 is 23.2 Å². The van der Waals surface area contributed by atoms with Crippen LogP contribution < -0.4 is 5.32 Å². The second-order valence-corrected chi connectivity index (χ2v) is 11.3. The summed E-state index contributed by atoms with van der Waals surface area (Å²) in [5, 5.41) is 9.15. The number of carbonyl (C=O) groups is 1. The maximum absolute atomic E-state index is 13.7. The summed E-state index contributed by atoms with van der Waals surface area (Å²) < 4.78 is 21.2. The molecule has 1 amide bonds.